The Kier molecular flexibility index (Phi) is 6.63. The van der Waals surface area contributed by atoms with Crippen LogP contribution in [0, 0.1) is 0 Å². The Balaban J connectivity index is 3.14. The van der Waals surface area contributed by atoms with E-state index in [4.69, 9.17) is 9.84 Å². The zero-order chi connectivity index (χ0) is 18.5. The van der Waals surface area contributed by atoms with Crippen LogP contribution in [0.15, 0.2) is 0 Å². The van der Waals surface area contributed by atoms with E-state index in [1.54, 1.807) is 20.8 Å². The van der Waals surface area contributed by atoms with E-state index in [9.17, 15) is 14.4 Å². The lowest BCUT2D eigenvalue weighted by atomic mass is 9.79. The number of nitrogens with zero attached hydrogens (tertiary/aromatic N) is 2. The van der Waals surface area contributed by atoms with Crippen molar-refractivity contribution in [2.45, 2.75) is 70.9 Å². The monoisotopic (exact) mass is 342 g/mol. The van der Waals surface area contributed by atoms with E-state index < -0.39 is 23.2 Å². The van der Waals surface area contributed by atoms with Gasteiger partial charge in [-0.05, 0) is 40.5 Å². The van der Waals surface area contributed by atoms with Crippen LogP contribution in [0.2, 0.25) is 0 Å². The minimum atomic E-state index is -1.07. The van der Waals surface area contributed by atoms with E-state index in [0.717, 1.165) is 19.3 Å². The van der Waals surface area contributed by atoms with Gasteiger partial charge in [0, 0.05) is 13.6 Å². The zero-order valence-corrected chi connectivity index (χ0v) is 15.4. The van der Waals surface area contributed by atoms with Crippen LogP contribution in [0.25, 0.3) is 0 Å². The smallest absolute Gasteiger partial charge is 0.411 e. The largest absolute Gasteiger partial charge is 0.480 e. The summed E-state index contributed by atoms with van der Waals surface area (Å²) in [6.07, 6.45) is 3.19. The third kappa shape index (κ3) is 4.85. The molecule has 0 saturated heterocycles. The van der Waals surface area contributed by atoms with Gasteiger partial charge in [0.2, 0.25) is 5.91 Å². The normalized spacial score (nSPS) is 17.0. The summed E-state index contributed by atoms with van der Waals surface area (Å²) in [5.41, 5.74) is -1.67. The molecule has 0 spiro atoms. The van der Waals surface area contributed by atoms with Gasteiger partial charge in [0.1, 0.15) is 17.7 Å². The summed E-state index contributed by atoms with van der Waals surface area (Å²) in [7, 11) is 1.47. The topological polar surface area (TPSA) is 87.2 Å². The van der Waals surface area contributed by atoms with Crippen LogP contribution in [0.3, 0.4) is 0 Å². The van der Waals surface area contributed by atoms with Gasteiger partial charge in [0.15, 0.2) is 0 Å². The molecule has 1 rings (SSSR count). The second-order valence-electron chi connectivity index (χ2n) is 7.37. The summed E-state index contributed by atoms with van der Waals surface area (Å²) in [5, 5.41) is 8.97. The second-order valence-corrected chi connectivity index (χ2v) is 7.37. The standard InChI is InChI=1S/C17H30N2O5/c1-6-19(15(23)24-16(2,3)4)17(10-8-7-9-11-17)14(22)18(5)12-13(20)21/h6-12H2,1-5H3,(H,20,21). The molecule has 1 N–H and O–H groups in total. The van der Waals surface area contributed by atoms with Crippen molar-refractivity contribution >= 4 is 18.0 Å². The fourth-order valence-electron chi connectivity index (χ4n) is 3.29. The third-order valence-electron chi connectivity index (χ3n) is 4.24. The van der Waals surface area contributed by atoms with E-state index in [1.165, 1.54) is 16.8 Å². The number of likely N-dealkylation sites (N-methyl/N-ethyl adjacent to an activating group) is 2. The highest BCUT2D eigenvalue weighted by Gasteiger charge is 2.49. The molecule has 0 aliphatic heterocycles. The number of ether oxygens (including phenoxy) is 1. The van der Waals surface area contributed by atoms with Crippen LogP contribution in [-0.4, -0.2) is 64.2 Å². The Morgan fingerprint density at radius 2 is 1.67 bits per heavy atom. The lowest BCUT2D eigenvalue weighted by molar-refractivity contribution is -0.151. The molecule has 7 nitrogen and oxygen atoms in total. The molecule has 2 amide bonds. The van der Waals surface area contributed by atoms with Crippen LogP contribution < -0.4 is 0 Å². The molecule has 0 unspecified atom stereocenters. The maximum atomic E-state index is 13.0. The lowest BCUT2D eigenvalue weighted by Gasteiger charge is -2.46. The highest BCUT2D eigenvalue weighted by atomic mass is 16.6. The molecule has 7 heteroatoms. The van der Waals surface area contributed by atoms with Crippen LogP contribution in [0.5, 0.6) is 0 Å². The second kappa shape index (κ2) is 7.85. The molecule has 0 bridgehead atoms. The number of aliphatic carboxylic acids is 1. The number of carbonyl (C=O) groups excluding carboxylic acids is 2. The predicted molar refractivity (Wildman–Crippen MR) is 89.7 cm³/mol. The minimum Gasteiger partial charge on any atom is -0.480 e. The van der Waals surface area contributed by atoms with Gasteiger partial charge < -0.3 is 14.7 Å². The predicted octanol–water partition coefficient (Wildman–Crippen LogP) is 2.49. The highest BCUT2D eigenvalue weighted by Crippen LogP contribution is 2.36. The van der Waals surface area contributed by atoms with Gasteiger partial charge in [0.25, 0.3) is 0 Å². The molecule has 0 aromatic rings. The van der Waals surface area contributed by atoms with Gasteiger partial charge in [-0.1, -0.05) is 19.3 Å². The summed E-state index contributed by atoms with van der Waals surface area (Å²) in [5.74, 6) is -1.39. The van der Waals surface area contributed by atoms with Crippen molar-refractivity contribution in [3.63, 3.8) is 0 Å². The van der Waals surface area contributed by atoms with E-state index in [-0.39, 0.29) is 12.5 Å². The molecule has 24 heavy (non-hydrogen) atoms. The van der Waals surface area contributed by atoms with Crippen molar-refractivity contribution in [3.05, 3.63) is 0 Å². The van der Waals surface area contributed by atoms with Crippen LogP contribution in [0.4, 0.5) is 4.79 Å². The maximum absolute atomic E-state index is 13.0. The number of hydrogen-bond acceptors (Lipinski definition) is 4. The number of carboxylic acid groups (broad SMARTS) is 1. The first-order valence-electron chi connectivity index (χ1n) is 8.51. The number of amides is 2. The van der Waals surface area contributed by atoms with Crippen LogP contribution >= 0.6 is 0 Å². The van der Waals surface area contributed by atoms with Gasteiger partial charge in [0.05, 0.1) is 0 Å². The first-order valence-corrected chi connectivity index (χ1v) is 8.51. The van der Waals surface area contributed by atoms with Gasteiger partial charge in [-0.2, -0.15) is 0 Å². The quantitative estimate of drug-likeness (QED) is 0.829. The summed E-state index contributed by atoms with van der Waals surface area (Å²) in [6, 6.07) is 0. The number of carboxylic acids is 1. The Hall–Kier alpha value is -1.79. The van der Waals surface area contributed by atoms with Gasteiger partial charge in [-0.3, -0.25) is 14.5 Å². The lowest BCUT2D eigenvalue weighted by Crippen LogP contribution is -2.62. The first kappa shape index (κ1) is 20.3. The molecule has 1 fully saturated rings. The number of carbonyl (C=O) groups is 3. The summed E-state index contributed by atoms with van der Waals surface area (Å²) >= 11 is 0. The van der Waals surface area contributed by atoms with Crippen molar-refractivity contribution in [3.8, 4) is 0 Å². The zero-order valence-electron chi connectivity index (χ0n) is 15.4. The maximum Gasteiger partial charge on any atom is 0.411 e. The van der Waals surface area contributed by atoms with Crippen molar-refractivity contribution in [2.75, 3.05) is 20.1 Å². The average Bonchev–Trinajstić information content (AvgIpc) is 2.45. The van der Waals surface area contributed by atoms with E-state index in [0.29, 0.717) is 19.4 Å². The fraction of sp³-hybridized carbons (Fsp3) is 0.824. The van der Waals surface area contributed by atoms with E-state index in [2.05, 4.69) is 0 Å². The fourth-order valence-corrected chi connectivity index (χ4v) is 3.29. The molecule has 0 heterocycles. The molecule has 0 aromatic carbocycles. The SMILES string of the molecule is CCN(C(=O)OC(C)(C)C)C1(C(=O)N(C)CC(=O)O)CCCCC1. The molecule has 0 atom stereocenters. The summed E-state index contributed by atoms with van der Waals surface area (Å²) < 4.78 is 5.48. The van der Waals surface area contributed by atoms with Crippen molar-refractivity contribution in [1.82, 2.24) is 9.80 Å². The van der Waals surface area contributed by atoms with Crippen molar-refractivity contribution in [1.29, 1.82) is 0 Å². The third-order valence-corrected chi connectivity index (χ3v) is 4.24. The Morgan fingerprint density at radius 3 is 2.08 bits per heavy atom. The number of hydrogen-bond donors (Lipinski definition) is 1. The highest BCUT2D eigenvalue weighted by molar-refractivity contribution is 5.91. The Morgan fingerprint density at radius 1 is 1.12 bits per heavy atom. The Bertz CT molecular complexity index is 478. The molecule has 1 aliphatic carbocycles. The molecule has 1 saturated carbocycles. The minimum absolute atomic E-state index is 0.322. The molecular weight excluding hydrogens is 312 g/mol. The molecule has 0 radical (unpaired) electrons. The van der Waals surface area contributed by atoms with Gasteiger partial charge >= 0.3 is 12.1 Å². The van der Waals surface area contributed by atoms with Crippen LogP contribution in [0.1, 0.15) is 59.8 Å². The van der Waals surface area contributed by atoms with Gasteiger partial charge in [-0.25, -0.2) is 4.79 Å². The molecular formula is C17H30N2O5. The molecule has 138 valence electrons. The van der Waals surface area contributed by atoms with Crippen molar-refractivity contribution in [2.24, 2.45) is 0 Å². The molecule has 1 aliphatic rings. The summed E-state index contributed by atoms with van der Waals surface area (Å²) in [6.45, 7) is 7.11. The van der Waals surface area contributed by atoms with E-state index >= 15 is 0 Å². The molecule has 0 aromatic heterocycles. The number of rotatable bonds is 5. The first-order chi connectivity index (χ1) is 11.0. The van der Waals surface area contributed by atoms with Gasteiger partial charge in [-0.15, -0.1) is 0 Å². The average molecular weight is 342 g/mol. The summed E-state index contributed by atoms with van der Waals surface area (Å²) in [4.78, 5) is 39.3. The van der Waals surface area contributed by atoms with E-state index in [1.807, 2.05) is 6.92 Å². The van der Waals surface area contributed by atoms with Crippen LogP contribution in [-0.2, 0) is 14.3 Å². The Labute approximate surface area is 143 Å². The van der Waals surface area contributed by atoms with Crippen molar-refractivity contribution < 1.29 is 24.2 Å².